The molecule has 146 valence electrons. The number of aryl methyl sites for hydroxylation is 2. The Morgan fingerprint density at radius 3 is 2.62 bits per heavy atom. The van der Waals surface area contributed by atoms with E-state index in [9.17, 15) is 4.79 Å². The van der Waals surface area contributed by atoms with Crippen LogP contribution in [0, 0.1) is 13.8 Å². The lowest BCUT2D eigenvalue weighted by atomic mass is 10.1. The molecule has 5 nitrogen and oxygen atoms in total. The van der Waals surface area contributed by atoms with Gasteiger partial charge < -0.3 is 10.1 Å². The van der Waals surface area contributed by atoms with Gasteiger partial charge in [-0.25, -0.2) is 4.98 Å². The summed E-state index contributed by atoms with van der Waals surface area (Å²) in [6, 6.07) is 19.0. The number of hydrogen-bond acceptors (Lipinski definition) is 3. The monoisotopic (exact) mass is 405 g/mol. The highest BCUT2D eigenvalue weighted by Crippen LogP contribution is 2.30. The molecule has 1 N–H and O–H groups in total. The van der Waals surface area contributed by atoms with Crippen LogP contribution in [0.15, 0.2) is 66.9 Å². The smallest absolute Gasteiger partial charge is 0.263 e. The van der Waals surface area contributed by atoms with Crippen LogP contribution in [0.1, 0.15) is 11.1 Å². The van der Waals surface area contributed by atoms with E-state index >= 15 is 0 Å². The highest BCUT2D eigenvalue weighted by Gasteiger charge is 2.17. The topological polar surface area (TPSA) is 55.6 Å². The van der Waals surface area contributed by atoms with Gasteiger partial charge >= 0.3 is 0 Å². The van der Waals surface area contributed by atoms with Crippen molar-refractivity contribution in [3.8, 4) is 17.0 Å². The predicted octanol–water partition coefficient (Wildman–Crippen LogP) is 5.29. The zero-order valence-electron chi connectivity index (χ0n) is 16.1. The fourth-order valence-corrected chi connectivity index (χ4v) is 3.43. The van der Waals surface area contributed by atoms with E-state index in [0.29, 0.717) is 16.6 Å². The summed E-state index contributed by atoms with van der Waals surface area (Å²) in [6.45, 7) is 3.77. The summed E-state index contributed by atoms with van der Waals surface area (Å²) >= 11 is 5.97. The molecule has 0 bridgehead atoms. The first kappa shape index (κ1) is 19.0. The Labute approximate surface area is 173 Å². The van der Waals surface area contributed by atoms with E-state index in [2.05, 4.69) is 5.32 Å². The Kier molecular flexibility index (Phi) is 5.23. The number of hydrogen-bond donors (Lipinski definition) is 1. The number of nitrogens with zero attached hydrogens (tertiary/aromatic N) is 2. The molecule has 2 aromatic carbocycles. The largest absolute Gasteiger partial charge is 0.483 e. The highest BCUT2D eigenvalue weighted by atomic mass is 35.5. The molecule has 1 amide bonds. The summed E-state index contributed by atoms with van der Waals surface area (Å²) < 4.78 is 7.58. The molecule has 0 unspecified atom stereocenters. The van der Waals surface area contributed by atoms with Crippen molar-refractivity contribution >= 4 is 29.0 Å². The fourth-order valence-electron chi connectivity index (χ4n) is 3.21. The minimum atomic E-state index is -0.264. The van der Waals surface area contributed by atoms with Crippen molar-refractivity contribution in [1.29, 1.82) is 0 Å². The number of carbonyl (C=O) groups is 1. The van der Waals surface area contributed by atoms with E-state index < -0.39 is 0 Å². The number of imidazole rings is 1. The highest BCUT2D eigenvalue weighted by molar-refractivity contribution is 6.30. The second-order valence-corrected chi connectivity index (χ2v) is 7.24. The third-order valence-corrected chi connectivity index (χ3v) is 4.88. The first-order chi connectivity index (χ1) is 14.0. The lowest BCUT2D eigenvalue weighted by Crippen LogP contribution is -2.21. The SMILES string of the molecule is Cc1cc(Cl)ccc1OCC(=O)Nc1c(-c2ccccc2)nc2c(C)cccn12. The third-order valence-electron chi connectivity index (χ3n) is 4.65. The van der Waals surface area contributed by atoms with E-state index in [1.807, 2.05) is 66.9 Å². The molecule has 2 aromatic heterocycles. The van der Waals surface area contributed by atoms with E-state index in [1.54, 1.807) is 18.2 Å². The molecule has 4 rings (SSSR count). The summed E-state index contributed by atoms with van der Waals surface area (Å²) in [4.78, 5) is 17.4. The van der Waals surface area contributed by atoms with Crippen molar-refractivity contribution < 1.29 is 9.53 Å². The maximum atomic E-state index is 12.7. The minimum Gasteiger partial charge on any atom is -0.483 e. The number of rotatable bonds is 5. The van der Waals surface area contributed by atoms with Crippen LogP contribution >= 0.6 is 11.6 Å². The summed E-state index contributed by atoms with van der Waals surface area (Å²) in [6.07, 6.45) is 1.89. The van der Waals surface area contributed by atoms with Gasteiger partial charge in [0.25, 0.3) is 5.91 Å². The molecular weight excluding hydrogens is 386 g/mol. The van der Waals surface area contributed by atoms with Gasteiger partial charge in [0.1, 0.15) is 22.9 Å². The second kappa shape index (κ2) is 7.97. The lowest BCUT2D eigenvalue weighted by Gasteiger charge is -2.11. The van der Waals surface area contributed by atoms with E-state index in [-0.39, 0.29) is 12.5 Å². The van der Waals surface area contributed by atoms with Crippen molar-refractivity contribution in [2.45, 2.75) is 13.8 Å². The number of nitrogens with one attached hydrogen (secondary N) is 1. The number of anilines is 1. The second-order valence-electron chi connectivity index (χ2n) is 6.81. The van der Waals surface area contributed by atoms with Crippen LogP contribution in [0.25, 0.3) is 16.9 Å². The molecule has 0 saturated carbocycles. The van der Waals surface area contributed by atoms with Gasteiger partial charge in [0.15, 0.2) is 6.61 Å². The molecule has 29 heavy (non-hydrogen) atoms. The van der Waals surface area contributed by atoms with Crippen molar-refractivity contribution in [1.82, 2.24) is 9.38 Å². The molecule has 0 spiro atoms. The zero-order chi connectivity index (χ0) is 20.4. The van der Waals surface area contributed by atoms with Crippen LogP contribution in [0.5, 0.6) is 5.75 Å². The molecule has 0 aliphatic heterocycles. The van der Waals surface area contributed by atoms with Gasteiger partial charge in [-0.15, -0.1) is 0 Å². The van der Waals surface area contributed by atoms with Gasteiger partial charge in [0.2, 0.25) is 0 Å². The maximum Gasteiger partial charge on any atom is 0.263 e. The van der Waals surface area contributed by atoms with Crippen LogP contribution in [0.4, 0.5) is 5.82 Å². The molecular formula is C23H20ClN3O2. The average molecular weight is 406 g/mol. The first-order valence-corrected chi connectivity index (χ1v) is 9.62. The summed E-state index contributed by atoms with van der Waals surface area (Å²) in [7, 11) is 0. The van der Waals surface area contributed by atoms with E-state index in [0.717, 1.165) is 28.0 Å². The Morgan fingerprint density at radius 2 is 1.86 bits per heavy atom. The summed E-state index contributed by atoms with van der Waals surface area (Å²) in [5.74, 6) is 0.984. The number of fused-ring (bicyclic) bond motifs is 1. The molecule has 0 saturated heterocycles. The third kappa shape index (κ3) is 3.96. The maximum absolute atomic E-state index is 12.7. The Morgan fingerprint density at radius 1 is 1.07 bits per heavy atom. The number of halogens is 1. The van der Waals surface area contributed by atoms with Crippen LogP contribution in [0.2, 0.25) is 5.02 Å². The molecule has 0 radical (unpaired) electrons. The molecule has 0 aliphatic carbocycles. The van der Waals surface area contributed by atoms with Crippen LogP contribution in [-0.2, 0) is 4.79 Å². The van der Waals surface area contributed by atoms with Crippen LogP contribution in [-0.4, -0.2) is 21.9 Å². The number of pyridine rings is 1. The molecule has 4 aromatic rings. The normalized spacial score (nSPS) is 10.9. The quantitative estimate of drug-likeness (QED) is 0.491. The summed E-state index contributed by atoms with van der Waals surface area (Å²) in [5, 5.41) is 3.60. The van der Waals surface area contributed by atoms with Crippen LogP contribution < -0.4 is 10.1 Å². The minimum absolute atomic E-state index is 0.115. The molecule has 2 heterocycles. The van der Waals surface area contributed by atoms with Gasteiger partial charge in [-0.2, -0.15) is 0 Å². The van der Waals surface area contributed by atoms with E-state index in [1.165, 1.54) is 0 Å². The molecule has 0 aliphatic rings. The number of ether oxygens (including phenoxy) is 1. The fraction of sp³-hybridized carbons (Fsp3) is 0.130. The van der Waals surface area contributed by atoms with Gasteiger partial charge in [-0.1, -0.05) is 48.0 Å². The van der Waals surface area contributed by atoms with Gasteiger partial charge in [0, 0.05) is 16.8 Å². The predicted molar refractivity (Wildman–Crippen MR) is 116 cm³/mol. The zero-order valence-corrected chi connectivity index (χ0v) is 16.9. The molecule has 0 fully saturated rings. The Balaban J connectivity index is 1.63. The number of amides is 1. The van der Waals surface area contributed by atoms with Gasteiger partial charge in [-0.05, 0) is 49.2 Å². The molecule has 0 atom stereocenters. The van der Waals surface area contributed by atoms with Gasteiger partial charge in [0.05, 0.1) is 0 Å². The first-order valence-electron chi connectivity index (χ1n) is 9.25. The van der Waals surface area contributed by atoms with Crippen LogP contribution in [0.3, 0.4) is 0 Å². The molecule has 6 heteroatoms. The lowest BCUT2D eigenvalue weighted by molar-refractivity contribution is -0.118. The van der Waals surface area contributed by atoms with Crippen molar-refractivity contribution in [3.63, 3.8) is 0 Å². The van der Waals surface area contributed by atoms with E-state index in [4.69, 9.17) is 21.3 Å². The Bertz CT molecular complexity index is 1190. The number of aromatic nitrogens is 2. The summed E-state index contributed by atoms with van der Waals surface area (Å²) in [5.41, 5.74) is 4.35. The standard InChI is InChI=1S/C23H20ClN3O2/c1-15-7-6-12-27-22(15)26-21(17-8-4-3-5-9-17)23(27)25-20(28)14-29-19-11-10-18(24)13-16(19)2/h3-13H,14H2,1-2H3,(H,25,28). The van der Waals surface area contributed by atoms with Crippen molar-refractivity contribution in [3.05, 3.63) is 83.0 Å². The number of carbonyl (C=O) groups excluding carboxylic acids is 1. The van der Waals surface area contributed by atoms with Crippen molar-refractivity contribution in [2.24, 2.45) is 0 Å². The number of benzene rings is 2. The van der Waals surface area contributed by atoms with Crippen molar-refractivity contribution in [2.75, 3.05) is 11.9 Å². The van der Waals surface area contributed by atoms with Gasteiger partial charge in [-0.3, -0.25) is 9.20 Å². The average Bonchev–Trinajstić information content (AvgIpc) is 3.08. The Hall–Kier alpha value is -3.31.